The number of rotatable bonds is 5. The Hall–Kier alpha value is -2.92. The van der Waals surface area contributed by atoms with Gasteiger partial charge >= 0.3 is 0 Å². The van der Waals surface area contributed by atoms with Crippen LogP contribution in [-0.2, 0) is 0 Å². The highest BCUT2D eigenvalue weighted by molar-refractivity contribution is 7.10. The first kappa shape index (κ1) is 15.0. The van der Waals surface area contributed by atoms with Gasteiger partial charge in [-0.1, -0.05) is 6.07 Å². The lowest BCUT2D eigenvalue weighted by molar-refractivity contribution is 0.0996. The molecule has 1 amide bonds. The van der Waals surface area contributed by atoms with E-state index in [2.05, 4.69) is 5.32 Å². The maximum absolute atomic E-state index is 12.1. The monoisotopic (exact) mass is 323 g/mol. The summed E-state index contributed by atoms with van der Waals surface area (Å²) in [6.45, 7) is 0. The van der Waals surface area contributed by atoms with Crippen molar-refractivity contribution in [2.45, 2.75) is 0 Å². The van der Waals surface area contributed by atoms with Crippen molar-refractivity contribution >= 4 is 34.8 Å². The van der Waals surface area contributed by atoms with Gasteiger partial charge in [0, 0.05) is 16.1 Å². The van der Waals surface area contributed by atoms with Gasteiger partial charge in [-0.2, -0.15) is 0 Å². The molecule has 3 aromatic rings. The van der Waals surface area contributed by atoms with Crippen LogP contribution in [0, 0.1) is 0 Å². The Morgan fingerprint density at radius 1 is 1.04 bits per heavy atom. The summed E-state index contributed by atoms with van der Waals surface area (Å²) in [5.74, 6) is -0.169. The van der Waals surface area contributed by atoms with Crippen molar-refractivity contribution in [1.29, 1.82) is 0 Å². The number of hydrogen-bond donors (Lipinski definition) is 1. The zero-order valence-corrected chi connectivity index (χ0v) is 12.9. The van der Waals surface area contributed by atoms with Gasteiger partial charge in [-0.25, -0.2) is 0 Å². The maximum Gasteiger partial charge on any atom is 0.291 e. The Bertz CT molecular complexity index is 816. The summed E-state index contributed by atoms with van der Waals surface area (Å²) in [4.78, 5) is 25.0. The van der Waals surface area contributed by atoms with Crippen LogP contribution in [0.1, 0.15) is 25.8 Å². The summed E-state index contributed by atoms with van der Waals surface area (Å²) in [7, 11) is 0. The lowest BCUT2D eigenvalue weighted by atomic mass is 10.1. The molecule has 0 aliphatic rings. The molecule has 4 nitrogen and oxygen atoms in total. The van der Waals surface area contributed by atoms with Gasteiger partial charge in [0.05, 0.1) is 6.26 Å². The van der Waals surface area contributed by atoms with Gasteiger partial charge in [0.1, 0.15) is 0 Å². The molecule has 0 unspecified atom stereocenters. The van der Waals surface area contributed by atoms with Gasteiger partial charge in [-0.05, 0) is 60.0 Å². The highest BCUT2D eigenvalue weighted by Crippen LogP contribution is 2.14. The van der Waals surface area contributed by atoms with Gasteiger partial charge in [0.25, 0.3) is 5.91 Å². The number of thiophene rings is 1. The molecule has 0 aliphatic carbocycles. The number of carbonyl (C=O) groups is 2. The largest absolute Gasteiger partial charge is 0.459 e. The Morgan fingerprint density at radius 3 is 2.52 bits per heavy atom. The highest BCUT2D eigenvalue weighted by Gasteiger charge is 2.09. The van der Waals surface area contributed by atoms with Gasteiger partial charge < -0.3 is 9.73 Å². The molecule has 114 valence electrons. The van der Waals surface area contributed by atoms with Crippen molar-refractivity contribution in [2.75, 3.05) is 5.32 Å². The van der Waals surface area contributed by atoms with E-state index in [0.717, 1.165) is 4.88 Å². The van der Waals surface area contributed by atoms with E-state index in [4.69, 9.17) is 4.42 Å². The van der Waals surface area contributed by atoms with Crippen LogP contribution >= 0.6 is 11.3 Å². The van der Waals surface area contributed by atoms with Crippen molar-refractivity contribution in [3.63, 3.8) is 0 Å². The van der Waals surface area contributed by atoms with Gasteiger partial charge in [-0.3, -0.25) is 9.59 Å². The fourth-order valence-electron chi connectivity index (χ4n) is 1.96. The first-order chi connectivity index (χ1) is 11.2. The quantitative estimate of drug-likeness (QED) is 0.556. The van der Waals surface area contributed by atoms with E-state index < -0.39 is 0 Å². The number of anilines is 1. The molecule has 3 rings (SSSR count). The number of carbonyl (C=O) groups excluding carboxylic acids is 2. The molecule has 2 aromatic heterocycles. The van der Waals surface area contributed by atoms with Crippen LogP contribution in [0.3, 0.4) is 0 Å². The molecule has 0 spiro atoms. The molecule has 0 fully saturated rings. The van der Waals surface area contributed by atoms with E-state index >= 15 is 0 Å². The van der Waals surface area contributed by atoms with Crippen LogP contribution in [0.2, 0.25) is 0 Å². The molecule has 0 radical (unpaired) electrons. The number of hydrogen-bond acceptors (Lipinski definition) is 4. The SMILES string of the molecule is O=C(/C=C/c1cccs1)c1ccc(NC(=O)c2ccco2)cc1. The van der Waals surface area contributed by atoms with Crippen molar-refractivity contribution in [1.82, 2.24) is 0 Å². The molecule has 23 heavy (non-hydrogen) atoms. The Balaban J connectivity index is 1.65. The number of ketones is 1. The molecule has 0 saturated carbocycles. The Kier molecular flexibility index (Phi) is 4.49. The molecular formula is C18H13NO3S. The first-order valence-electron chi connectivity index (χ1n) is 6.93. The van der Waals surface area contributed by atoms with Crippen LogP contribution in [-0.4, -0.2) is 11.7 Å². The summed E-state index contributed by atoms with van der Waals surface area (Å²) < 4.78 is 5.02. The Morgan fingerprint density at radius 2 is 1.87 bits per heavy atom. The second kappa shape index (κ2) is 6.89. The zero-order chi connectivity index (χ0) is 16.1. The standard InChI is InChI=1S/C18H13NO3S/c20-16(10-9-15-3-2-12-23-15)13-5-7-14(8-6-13)19-18(21)17-4-1-11-22-17/h1-12H,(H,19,21)/b10-9+. The molecule has 0 saturated heterocycles. The van der Waals surface area contributed by atoms with Gasteiger partial charge in [0.2, 0.25) is 0 Å². The first-order valence-corrected chi connectivity index (χ1v) is 7.81. The third kappa shape index (κ3) is 3.84. The normalized spacial score (nSPS) is 10.8. The smallest absolute Gasteiger partial charge is 0.291 e. The van der Waals surface area contributed by atoms with Crippen LogP contribution in [0.15, 0.2) is 70.7 Å². The number of amides is 1. The van der Waals surface area contributed by atoms with Crippen molar-refractivity contribution in [2.24, 2.45) is 0 Å². The highest BCUT2D eigenvalue weighted by atomic mass is 32.1. The molecular weight excluding hydrogens is 310 g/mol. The lowest BCUT2D eigenvalue weighted by Gasteiger charge is -2.03. The molecule has 0 aliphatic heterocycles. The summed E-state index contributed by atoms with van der Waals surface area (Å²) >= 11 is 1.57. The minimum Gasteiger partial charge on any atom is -0.459 e. The zero-order valence-electron chi connectivity index (χ0n) is 12.1. The van der Waals surface area contributed by atoms with E-state index in [9.17, 15) is 9.59 Å². The van der Waals surface area contributed by atoms with Crippen LogP contribution in [0.5, 0.6) is 0 Å². The van der Waals surface area contributed by atoms with E-state index in [1.165, 1.54) is 6.26 Å². The second-order valence-electron chi connectivity index (χ2n) is 4.72. The number of furan rings is 1. The van der Waals surface area contributed by atoms with Gasteiger partial charge in [0.15, 0.2) is 11.5 Å². The predicted molar refractivity (Wildman–Crippen MR) is 90.8 cm³/mol. The van der Waals surface area contributed by atoms with E-state index in [1.54, 1.807) is 59.9 Å². The van der Waals surface area contributed by atoms with Gasteiger partial charge in [-0.15, -0.1) is 11.3 Å². The molecule has 5 heteroatoms. The van der Waals surface area contributed by atoms with Crippen LogP contribution in [0.25, 0.3) is 6.08 Å². The molecule has 0 atom stereocenters. The van der Waals surface area contributed by atoms with E-state index in [0.29, 0.717) is 11.3 Å². The minimum absolute atomic E-state index is 0.0812. The molecule has 2 heterocycles. The summed E-state index contributed by atoms with van der Waals surface area (Å²) in [5.41, 5.74) is 1.17. The van der Waals surface area contributed by atoms with Crippen molar-refractivity contribution < 1.29 is 14.0 Å². The van der Waals surface area contributed by atoms with E-state index in [1.807, 2.05) is 17.5 Å². The number of nitrogens with one attached hydrogen (secondary N) is 1. The fourth-order valence-corrected chi connectivity index (χ4v) is 2.58. The lowest BCUT2D eigenvalue weighted by Crippen LogP contribution is -2.10. The third-order valence-corrected chi connectivity index (χ3v) is 3.95. The van der Waals surface area contributed by atoms with Crippen molar-refractivity contribution in [3.05, 3.63) is 82.5 Å². The third-order valence-electron chi connectivity index (χ3n) is 3.11. The summed E-state index contributed by atoms with van der Waals surface area (Å²) in [6, 6.07) is 13.9. The molecule has 1 aromatic carbocycles. The topological polar surface area (TPSA) is 59.3 Å². The molecule has 1 N–H and O–H groups in total. The molecule has 0 bridgehead atoms. The van der Waals surface area contributed by atoms with Crippen LogP contribution in [0.4, 0.5) is 5.69 Å². The van der Waals surface area contributed by atoms with Crippen LogP contribution < -0.4 is 5.32 Å². The predicted octanol–water partition coefficient (Wildman–Crippen LogP) is 4.49. The maximum atomic E-state index is 12.1. The van der Waals surface area contributed by atoms with Crippen molar-refractivity contribution in [3.8, 4) is 0 Å². The summed E-state index contributed by atoms with van der Waals surface area (Å²) in [6.07, 6.45) is 4.78. The second-order valence-corrected chi connectivity index (χ2v) is 5.70. The summed E-state index contributed by atoms with van der Waals surface area (Å²) in [5, 5.41) is 4.66. The average molecular weight is 323 g/mol. The number of benzene rings is 1. The Labute approximate surface area is 137 Å². The number of allylic oxidation sites excluding steroid dienone is 1. The minimum atomic E-state index is -0.327. The average Bonchev–Trinajstić information content (AvgIpc) is 3.26. The van der Waals surface area contributed by atoms with E-state index in [-0.39, 0.29) is 17.5 Å². The fraction of sp³-hybridized carbons (Fsp3) is 0.